The SMILES string of the molecule is Cc1cc(C(O)c2cc(Br)sc2C)sc1C. The molecule has 0 saturated carbocycles. The molecule has 0 aliphatic heterocycles. The van der Waals surface area contributed by atoms with Crippen LogP contribution in [0.3, 0.4) is 0 Å². The Hall–Kier alpha value is -0.160. The molecular formula is C12H13BrOS2. The van der Waals surface area contributed by atoms with Gasteiger partial charge in [0.2, 0.25) is 0 Å². The van der Waals surface area contributed by atoms with E-state index >= 15 is 0 Å². The van der Waals surface area contributed by atoms with Crippen LogP contribution in [0.25, 0.3) is 0 Å². The van der Waals surface area contributed by atoms with E-state index in [1.807, 2.05) is 13.0 Å². The van der Waals surface area contributed by atoms with Crippen LogP contribution < -0.4 is 0 Å². The number of aliphatic hydroxyl groups excluding tert-OH is 1. The molecule has 0 amide bonds. The fraction of sp³-hybridized carbons (Fsp3) is 0.333. The maximum absolute atomic E-state index is 10.3. The fourth-order valence-electron chi connectivity index (χ4n) is 1.62. The van der Waals surface area contributed by atoms with Gasteiger partial charge in [-0.05, 0) is 54.4 Å². The first-order valence-electron chi connectivity index (χ1n) is 5.00. The number of aliphatic hydroxyl groups is 1. The fourth-order valence-corrected chi connectivity index (χ4v) is 4.41. The van der Waals surface area contributed by atoms with Gasteiger partial charge in [-0.1, -0.05) is 0 Å². The minimum Gasteiger partial charge on any atom is -0.383 e. The minimum absolute atomic E-state index is 0.486. The van der Waals surface area contributed by atoms with E-state index in [4.69, 9.17) is 0 Å². The minimum atomic E-state index is -0.486. The summed E-state index contributed by atoms with van der Waals surface area (Å²) in [5.41, 5.74) is 2.27. The van der Waals surface area contributed by atoms with E-state index in [1.165, 1.54) is 15.3 Å². The third-order valence-electron chi connectivity index (χ3n) is 2.68. The predicted octanol–water partition coefficient (Wildman–Crippen LogP) is 4.58. The van der Waals surface area contributed by atoms with Crippen molar-refractivity contribution in [2.75, 3.05) is 0 Å². The van der Waals surface area contributed by atoms with Crippen LogP contribution >= 0.6 is 38.6 Å². The van der Waals surface area contributed by atoms with Gasteiger partial charge in [-0.25, -0.2) is 0 Å². The van der Waals surface area contributed by atoms with Crippen molar-refractivity contribution < 1.29 is 5.11 Å². The van der Waals surface area contributed by atoms with Crippen molar-refractivity contribution in [1.29, 1.82) is 0 Å². The van der Waals surface area contributed by atoms with Gasteiger partial charge in [0.1, 0.15) is 6.10 Å². The molecule has 16 heavy (non-hydrogen) atoms. The van der Waals surface area contributed by atoms with Crippen molar-refractivity contribution >= 4 is 38.6 Å². The standard InChI is InChI=1S/C12H13BrOS2/c1-6-4-10(15-7(6)2)12(14)9-5-11(13)16-8(9)3/h4-5,12,14H,1-3H3. The molecule has 0 fully saturated rings. The van der Waals surface area contributed by atoms with Crippen LogP contribution in [0.15, 0.2) is 15.9 Å². The second kappa shape index (κ2) is 4.61. The van der Waals surface area contributed by atoms with Gasteiger partial charge in [0, 0.05) is 20.2 Å². The topological polar surface area (TPSA) is 20.2 Å². The number of hydrogen-bond acceptors (Lipinski definition) is 3. The molecule has 0 aliphatic rings. The normalized spacial score (nSPS) is 13.1. The molecule has 0 aliphatic carbocycles. The molecule has 1 nitrogen and oxygen atoms in total. The molecule has 4 heteroatoms. The second-order valence-electron chi connectivity index (χ2n) is 3.85. The third kappa shape index (κ3) is 2.25. The maximum atomic E-state index is 10.3. The zero-order valence-electron chi connectivity index (χ0n) is 9.37. The Labute approximate surface area is 112 Å². The second-order valence-corrected chi connectivity index (χ2v) is 7.78. The van der Waals surface area contributed by atoms with Crippen molar-refractivity contribution in [2.45, 2.75) is 26.9 Å². The highest BCUT2D eigenvalue weighted by Gasteiger charge is 2.17. The first kappa shape index (κ1) is 12.3. The van der Waals surface area contributed by atoms with Crippen LogP contribution in [-0.4, -0.2) is 5.11 Å². The van der Waals surface area contributed by atoms with Gasteiger partial charge in [-0.2, -0.15) is 0 Å². The summed E-state index contributed by atoms with van der Waals surface area (Å²) in [4.78, 5) is 3.48. The van der Waals surface area contributed by atoms with Crippen molar-refractivity contribution in [3.8, 4) is 0 Å². The molecule has 0 bridgehead atoms. The van der Waals surface area contributed by atoms with Crippen LogP contribution in [0.2, 0.25) is 0 Å². The third-order valence-corrected chi connectivity index (χ3v) is 5.45. The van der Waals surface area contributed by atoms with Crippen molar-refractivity contribution in [3.63, 3.8) is 0 Å². The highest BCUT2D eigenvalue weighted by Crippen LogP contribution is 2.36. The summed E-state index contributed by atoms with van der Waals surface area (Å²) in [5.74, 6) is 0. The van der Waals surface area contributed by atoms with Crippen molar-refractivity contribution in [1.82, 2.24) is 0 Å². The lowest BCUT2D eigenvalue weighted by atomic mass is 10.1. The van der Waals surface area contributed by atoms with Crippen molar-refractivity contribution in [2.24, 2.45) is 0 Å². The summed E-state index contributed by atoms with van der Waals surface area (Å²) in [6.07, 6.45) is -0.486. The quantitative estimate of drug-likeness (QED) is 0.859. The van der Waals surface area contributed by atoms with Crippen LogP contribution in [0.4, 0.5) is 0 Å². The van der Waals surface area contributed by atoms with Gasteiger partial charge in [0.25, 0.3) is 0 Å². The zero-order valence-corrected chi connectivity index (χ0v) is 12.6. The van der Waals surface area contributed by atoms with Crippen molar-refractivity contribution in [3.05, 3.63) is 41.7 Å². The summed E-state index contributed by atoms with van der Waals surface area (Å²) in [7, 11) is 0. The molecule has 0 aromatic carbocycles. The monoisotopic (exact) mass is 316 g/mol. The summed E-state index contributed by atoms with van der Waals surface area (Å²) in [5, 5.41) is 10.3. The van der Waals surface area contributed by atoms with E-state index in [0.29, 0.717) is 0 Å². The maximum Gasteiger partial charge on any atom is 0.114 e. The van der Waals surface area contributed by atoms with E-state index in [-0.39, 0.29) is 0 Å². The number of halogens is 1. The Balaban J connectivity index is 2.38. The summed E-state index contributed by atoms with van der Waals surface area (Å²) < 4.78 is 1.07. The Bertz CT molecular complexity index is 494. The highest BCUT2D eigenvalue weighted by atomic mass is 79.9. The van der Waals surface area contributed by atoms with E-state index in [0.717, 1.165) is 14.2 Å². The number of hydrogen-bond donors (Lipinski definition) is 1. The molecule has 2 rings (SSSR count). The zero-order chi connectivity index (χ0) is 11.9. The summed E-state index contributed by atoms with van der Waals surface area (Å²) >= 11 is 6.79. The molecule has 2 aromatic rings. The van der Waals surface area contributed by atoms with Gasteiger partial charge in [-0.3, -0.25) is 0 Å². The predicted molar refractivity (Wildman–Crippen MR) is 74.6 cm³/mol. The molecule has 2 aromatic heterocycles. The molecule has 1 N–H and O–H groups in total. The lowest BCUT2D eigenvalue weighted by molar-refractivity contribution is 0.224. The summed E-state index contributed by atoms with van der Waals surface area (Å²) in [6.45, 7) is 6.21. The Morgan fingerprint density at radius 2 is 1.81 bits per heavy atom. The Morgan fingerprint density at radius 3 is 2.25 bits per heavy atom. The van der Waals surface area contributed by atoms with Gasteiger partial charge >= 0.3 is 0 Å². The number of thiophene rings is 2. The van der Waals surface area contributed by atoms with Crippen LogP contribution in [-0.2, 0) is 0 Å². The van der Waals surface area contributed by atoms with Gasteiger partial charge < -0.3 is 5.11 Å². The lowest BCUT2D eigenvalue weighted by Crippen LogP contribution is -1.96. The molecule has 0 radical (unpaired) electrons. The Kier molecular flexibility index (Phi) is 3.54. The molecule has 86 valence electrons. The van der Waals surface area contributed by atoms with Gasteiger partial charge in [0.15, 0.2) is 0 Å². The van der Waals surface area contributed by atoms with E-state index in [2.05, 4.69) is 35.8 Å². The van der Waals surface area contributed by atoms with Crippen LogP contribution in [0.1, 0.15) is 31.9 Å². The molecular weight excluding hydrogens is 304 g/mol. The van der Waals surface area contributed by atoms with Crippen LogP contribution in [0, 0.1) is 20.8 Å². The molecule has 1 atom stereocenters. The number of aryl methyl sites for hydroxylation is 3. The molecule has 1 unspecified atom stereocenters. The summed E-state index contributed by atoms with van der Waals surface area (Å²) in [6, 6.07) is 4.09. The number of rotatable bonds is 2. The smallest absolute Gasteiger partial charge is 0.114 e. The van der Waals surface area contributed by atoms with E-state index in [9.17, 15) is 5.11 Å². The first-order valence-corrected chi connectivity index (χ1v) is 7.42. The molecule has 2 heterocycles. The van der Waals surface area contributed by atoms with Gasteiger partial charge in [-0.15, -0.1) is 22.7 Å². The average Bonchev–Trinajstić information content (AvgIpc) is 2.70. The van der Waals surface area contributed by atoms with Gasteiger partial charge in [0.05, 0.1) is 3.79 Å². The molecule has 0 saturated heterocycles. The molecule has 0 spiro atoms. The largest absolute Gasteiger partial charge is 0.383 e. The lowest BCUT2D eigenvalue weighted by Gasteiger charge is -2.07. The Morgan fingerprint density at radius 1 is 1.12 bits per heavy atom. The van der Waals surface area contributed by atoms with E-state index in [1.54, 1.807) is 22.7 Å². The van der Waals surface area contributed by atoms with Crippen LogP contribution in [0.5, 0.6) is 0 Å². The average molecular weight is 317 g/mol. The first-order chi connectivity index (χ1) is 7.49. The van der Waals surface area contributed by atoms with E-state index < -0.39 is 6.10 Å². The highest BCUT2D eigenvalue weighted by molar-refractivity contribution is 9.11.